The number of carbonyl (C=O) groups excluding carboxylic acids is 5. The maximum Gasteiger partial charge on any atom is 0.407 e. The van der Waals surface area contributed by atoms with E-state index < -0.39 is 41.4 Å². The molecule has 3 aliphatic rings. The van der Waals surface area contributed by atoms with Gasteiger partial charge in [-0.2, -0.15) is 0 Å². The van der Waals surface area contributed by atoms with Gasteiger partial charge < -0.3 is 14.8 Å². The van der Waals surface area contributed by atoms with Crippen LogP contribution in [0.1, 0.15) is 60.7 Å². The fraction of sp³-hybridized carbons (Fsp3) is 0.542. The molecule has 1 atom stereocenters. The fourth-order valence-corrected chi connectivity index (χ4v) is 4.30. The van der Waals surface area contributed by atoms with Crippen LogP contribution < -0.4 is 15.4 Å². The largest absolute Gasteiger partial charge is 0.488 e. The summed E-state index contributed by atoms with van der Waals surface area (Å²) in [5, 5.41) is 4.92. The first-order chi connectivity index (χ1) is 16.5. The van der Waals surface area contributed by atoms with Crippen molar-refractivity contribution in [3.05, 3.63) is 29.3 Å². The van der Waals surface area contributed by atoms with Crippen LogP contribution in [0.25, 0.3) is 0 Å². The lowest BCUT2D eigenvalue weighted by Gasteiger charge is -2.39. The molecule has 0 saturated carbocycles. The molecular formula is C24H30N4O7. The molecule has 5 amide bonds. The zero-order valence-corrected chi connectivity index (χ0v) is 20.1. The summed E-state index contributed by atoms with van der Waals surface area (Å²) in [4.78, 5) is 64.0. The third-order valence-electron chi connectivity index (χ3n) is 5.96. The van der Waals surface area contributed by atoms with Crippen molar-refractivity contribution in [1.82, 2.24) is 20.4 Å². The Morgan fingerprint density at radius 3 is 2.51 bits per heavy atom. The zero-order valence-electron chi connectivity index (χ0n) is 20.1. The van der Waals surface area contributed by atoms with Crippen LogP contribution in [0.15, 0.2) is 18.2 Å². The maximum atomic E-state index is 12.9. The van der Waals surface area contributed by atoms with E-state index in [0.29, 0.717) is 25.4 Å². The van der Waals surface area contributed by atoms with Crippen LogP contribution in [-0.4, -0.2) is 83.4 Å². The minimum Gasteiger partial charge on any atom is -0.488 e. The molecule has 188 valence electrons. The normalized spacial score (nSPS) is 20.9. The van der Waals surface area contributed by atoms with Crippen molar-refractivity contribution in [1.29, 1.82) is 0 Å². The molecule has 3 heterocycles. The molecule has 0 bridgehead atoms. The monoisotopic (exact) mass is 486 g/mol. The standard InChI is InChI=1S/C24H30N4O7/c1-24(2,3)35-23(33)25-9-4-10-27-12-15(13-27)34-14-5-6-16-17(11-14)22(32)28(21(16)31)18-7-8-19(29)26-20(18)30/h5-6,11,15,18H,4,7-10,12-13H2,1-3H3,(H,25,33)(H,26,29,30). The highest BCUT2D eigenvalue weighted by Gasteiger charge is 2.44. The average molecular weight is 487 g/mol. The number of fused-ring (bicyclic) bond motifs is 1. The van der Waals surface area contributed by atoms with Crippen molar-refractivity contribution in [2.45, 2.75) is 57.8 Å². The number of ether oxygens (including phenoxy) is 2. The van der Waals surface area contributed by atoms with Gasteiger partial charge in [-0.25, -0.2) is 4.79 Å². The highest BCUT2D eigenvalue weighted by Crippen LogP contribution is 2.31. The Labute approximate surface area is 203 Å². The van der Waals surface area contributed by atoms with Crippen LogP contribution in [0.4, 0.5) is 4.79 Å². The Balaban J connectivity index is 1.24. The van der Waals surface area contributed by atoms with E-state index >= 15 is 0 Å². The molecule has 1 unspecified atom stereocenters. The summed E-state index contributed by atoms with van der Waals surface area (Å²) in [6.07, 6.45) is 0.490. The van der Waals surface area contributed by atoms with E-state index in [9.17, 15) is 24.0 Å². The molecule has 11 heteroatoms. The van der Waals surface area contributed by atoms with Crippen molar-refractivity contribution in [3.8, 4) is 5.75 Å². The van der Waals surface area contributed by atoms with Gasteiger partial charge in [-0.15, -0.1) is 0 Å². The summed E-state index contributed by atoms with van der Waals surface area (Å²) in [5.74, 6) is -1.67. The Kier molecular flexibility index (Phi) is 6.79. The summed E-state index contributed by atoms with van der Waals surface area (Å²) in [6.45, 7) is 8.18. The summed E-state index contributed by atoms with van der Waals surface area (Å²) in [5.41, 5.74) is -0.105. The lowest BCUT2D eigenvalue weighted by Crippen LogP contribution is -2.54. The summed E-state index contributed by atoms with van der Waals surface area (Å²) in [7, 11) is 0. The number of likely N-dealkylation sites (tertiary alicyclic amines) is 1. The van der Waals surface area contributed by atoms with Crippen LogP contribution in [0.2, 0.25) is 0 Å². The number of hydrogen-bond donors (Lipinski definition) is 2. The Morgan fingerprint density at radius 2 is 1.83 bits per heavy atom. The lowest BCUT2D eigenvalue weighted by atomic mass is 10.0. The zero-order chi connectivity index (χ0) is 25.3. The van der Waals surface area contributed by atoms with Gasteiger partial charge in [-0.1, -0.05) is 0 Å². The molecule has 0 aliphatic carbocycles. The molecular weight excluding hydrogens is 456 g/mol. The smallest absolute Gasteiger partial charge is 0.407 e. The van der Waals surface area contributed by atoms with Crippen LogP contribution in [0.5, 0.6) is 5.75 Å². The molecule has 11 nitrogen and oxygen atoms in total. The van der Waals surface area contributed by atoms with E-state index in [4.69, 9.17) is 9.47 Å². The summed E-state index contributed by atoms with van der Waals surface area (Å²) < 4.78 is 11.2. The van der Waals surface area contributed by atoms with E-state index in [1.54, 1.807) is 6.07 Å². The Morgan fingerprint density at radius 1 is 1.11 bits per heavy atom. The van der Waals surface area contributed by atoms with Gasteiger partial charge in [0.05, 0.1) is 11.1 Å². The van der Waals surface area contributed by atoms with Crippen LogP contribution in [0.3, 0.4) is 0 Å². The number of imide groups is 2. The number of rotatable bonds is 7. The van der Waals surface area contributed by atoms with Gasteiger partial charge in [0.2, 0.25) is 11.8 Å². The SMILES string of the molecule is CC(C)(C)OC(=O)NCCCN1CC(Oc2ccc3c(c2)C(=O)N(C2CCC(=O)NC2=O)C3=O)C1. The number of hydrogen-bond acceptors (Lipinski definition) is 8. The highest BCUT2D eigenvalue weighted by molar-refractivity contribution is 6.23. The van der Waals surface area contributed by atoms with E-state index in [2.05, 4.69) is 15.5 Å². The van der Waals surface area contributed by atoms with Crippen molar-refractivity contribution in [2.75, 3.05) is 26.2 Å². The molecule has 3 aliphatic heterocycles. The molecule has 1 aromatic rings. The Hall–Kier alpha value is -3.47. The number of carbonyl (C=O) groups is 5. The van der Waals surface area contributed by atoms with Gasteiger partial charge in [0.1, 0.15) is 23.5 Å². The highest BCUT2D eigenvalue weighted by atomic mass is 16.6. The number of nitrogens with zero attached hydrogens (tertiary/aromatic N) is 2. The van der Waals surface area contributed by atoms with E-state index in [1.807, 2.05) is 20.8 Å². The third kappa shape index (κ3) is 5.61. The van der Waals surface area contributed by atoms with Crippen molar-refractivity contribution < 1.29 is 33.4 Å². The molecule has 4 rings (SSSR count). The molecule has 0 radical (unpaired) electrons. The van der Waals surface area contributed by atoms with E-state index in [1.165, 1.54) is 12.1 Å². The number of benzene rings is 1. The second-order valence-electron chi connectivity index (χ2n) is 9.94. The number of piperidine rings is 1. The second kappa shape index (κ2) is 9.65. The third-order valence-corrected chi connectivity index (χ3v) is 5.96. The van der Waals surface area contributed by atoms with Gasteiger partial charge in [-0.3, -0.25) is 34.3 Å². The molecule has 2 saturated heterocycles. The predicted octanol–water partition coefficient (Wildman–Crippen LogP) is 1.07. The summed E-state index contributed by atoms with van der Waals surface area (Å²) >= 11 is 0. The van der Waals surface area contributed by atoms with Crippen LogP contribution in [-0.2, 0) is 14.3 Å². The van der Waals surface area contributed by atoms with Gasteiger partial charge in [0, 0.05) is 32.6 Å². The molecule has 0 spiro atoms. The first kappa shape index (κ1) is 24.6. The first-order valence-corrected chi connectivity index (χ1v) is 11.7. The maximum absolute atomic E-state index is 12.9. The van der Waals surface area contributed by atoms with Gasteiger partial charge in [0.15, 0.2) is 0 Å². The first-order valence-electron chi connectivity index (χ1n) is 11.7. The van der Waals surface area contributed by atoms with Crippen molar-refractivity contribution >= 4 is 29.7 Å². The lowest BCUT2D eigenvalue weighted by molar-refractivity contribution is -0.136. The number of alkyl carbamates (subject to hydrolysis) is 1. The van der Waals surface area contributed by atoms with E-state index in [-0.39, 0.29) is 30.1 Å². The quantitative estimate of drug-likeness (QED) is 0.432. The van der Waals surface area contributed by atoms with Gasteiger partial charge >= 0.3 is 6.09 Å². The van der Waals surface area contributed by atoms with Gasteiger partial charge in [-0.05, 0) is 51.8 Å². The average Bonchev–Trinajstić information content (AvgIpc) is 2.98. The number of nitrogens with one attached hydrogen (secondary N) is 2. The van der Waals surface area contributed by atoms with Crippen LogP contribution in [0, 0.1) is 0 Å². The Bertz CT molecular complexity index is 1060. The molecule has 0 aromatic heterocycles. The molecule has 1 aromatic carbocycles. The fourth-order valence-electron chi connectivity index (χ4n) is 4.30. The van der Waals surface area contributed by atoms with E-state index in [0.717, 1.165) is 17.9 Å². The topological polar surface area (TPSA) is 134 Å². The number of amides is 5. The molecule has 2 N–H and O–H groups in total. The molecule has 35 heavy (non-hydrogen) atoms. The predicted molar refractivity (Wildman–Crippen MR) is 123 cm³/mol. The van der Waals surface area contributed by atoms with Gasteiger partial charge in [0.25, 0.3) is 11.8 Å². The summed E-state index contributed by atoms with van der Waals surface area (Å²) in [6, 6.07) is 3.73. The van der Waals surface area contributed by atoms with Crippen LogP contribution >= 0.6 is 0 Å². The molecule has 2 fully saturated rings. The van der Waals surface area contributed by atoms with Crippen molar-refractivity contribution in [3.63, 3.8) is 0 Å². The second-order valence-corrected chi connectivity index (χ2v) is 9.94. The minimum atomic E-state index is -0.991. The minimum absolute atomic E-state index is 0.0506. The van der Waals surface area contributed by atoms with Crippen molar-refractivity contribution in [2.24, 2.45) is 0 Å².